The molecule has 0 radical (unpaired) electrons. The van der Waals surface area contributed by atoms with Gasteiger partial charge in [-0.05, 0) is 35.7 Å². The van der Waals surface area contributed by atoms with Crippen molar-refractivity contribution in [2.24, 2.45) is 30.7 Å². The third kappa shape index (κ3) is 8.23. The second-order valence-corrected chi connectivity index (χ2v) is 13.4. The second-order valence-electron chi connectivity index (χ2n) is 10.6. The normalized spacial score (nSPS) is 12.3. The van der Waals surface area contributed by atoms with E-state index in [9.17, 15) is 76.7 Å². The molecule has 0 heterocycles. The number of non-ortho nitro benzene ring substituents is 2. The van der Waals surface area contributed by atoms with E-state index in [4.69, 9.17) is 0 Å². The number of rotatable bonds is 11. The van der Waals surface area contributed by atoms with Crippen LogP contribution in [0, 0.1) is 30.3 Å². The molecule has 0 atom stereocenters. The van der Waals surface area contributed by atoms with Crippen LogP contribution in [0.3, 0.4) is 0 Å². The molecule has 6 N–H and O–H groups in total. The first-order valence-electron chi connectivity index (χ1n) is 14.2. The Kier molecular flexibility index (Phi) is 10.1. The molecule has 0 amide bonds. The van der Waals surface area contributed by atoms with Crippen molar-refractivity contribution < 1.29 is 61.1 Å². The smallest absolute Gasteiger partial charge is 0.319 e. The van der Waals surface area contributed by atoms with Crippen molar-refractivity contribution >= 4 is 82.2 Å². The Morgan fingerprint density at radius 2 is 1.09 bits per heavy atom. The van der Waals surface area contributed by atoms with Gasteiger partial charge in [-0.15, -0.1) is 25.6 Å². The number of nitro groups is 3. The second kappa shape index (κ2) is 14.4. The van der Waals surface area contributed by atoms with Crippen LogP contribution in [0.2, 0.25) is 0 Å². The zero-order chi connectivity index (χ0) is 40.6. The summed E-state index contributed by atoms with van der Waals surface area (Å²) in [6.07, 6.45) is 0. The van der Waals surface area contributed by atoms with Crippen LogP contribution in [-0.4, -0.2) is 61.1 Å². The molecule has 282 valence electrons. The van der Waals surface area contributed by atoms with Crippen molar-refractivity contribution in [1.29, 1.82) is 0 Å². The van der Waals surface area contributed by atoms with Crippen molar-refractivity contribution in [1.82, 2.24) is 0 Å². The lowest BCUT2D eigenvalue weighted by Crippen LogP contribution is -2.01. The van der Waals surface area contributed by atoms with Gasteiger partial charge in [0.2, 0.25) is 5.75 Å². The van der Waals surface area contributed by atoms with Crippen LogP contribution < -0.4 is 0 Å². The lowest BCUT2D eigenvalue weighted by atomic mass is 10.1. The molecular formula is C28H17N9O16S2. The van der Waals surface area contributed by atoms with Gasteiger partial charge in [0.25, 0.3) is 31.6 Å². The van der Waals surface area contributed by atoms with Gasteiger partial charge in [0.05, 0.1) is 42.5 Å². The quantitative estimate of drug-likeness (QED) is 0.0335. The lowest BCUT2D eigenvalue weighted by Gasteiger charge is -2.12. The topological polar surface area (TPSA) is 393 Å². The third-order valence-corrected chi connectivity index (χ3v) is 8.77. The molecule has 0 spiro atoms. The SMILES string of the molecule is O=[N+]([O-])c1ccc(/N=N/c2c(S(=O)(=O)O)cc3cc(S(=O)(=O)O)cc(/N=N/c4cc(/N=N/c5cc([N+](=O)[O-])cc([N+](=O)[O-])c5O)c(O)cc4O)c3c2O)cc1. The van der Waals surface area contributed by atoms with Crippen molar-refractivity contribution in [3.63, 3.8) is 0 Å². The van der Waals surface area contributed by atoms with Crippen LogP contribution in [0.5, 0.6) is 23.0 Å². The summed E-state index contributed by atoms with van der Waals surface area (Å²) < 4.78 is 68.6. The first-order chi connectivity index (χ1) is 25.6. The molecule has 0 saturated carbocycles. The van der Waals surface area contributed by atoms with Crippen molar-refractivity contribution in [2.45, 2.75) is 9.79 Å². The number of benzene rings is 5. The summed E-state index contributed by atoms with van der Waals surface area (Å²) in [4.78, 5) is 28.5. The summed E-state index contributed by atoms with van der Waals surface area (Å²) in [7, 11) is -10.4. The van der Waals surface area contributed by atoms with E-state index in [1.54, 1.807) is 0 Å². The summed E-state index contributed by atoms with van der Waals surface area (Å²) >= 11 is 0. The minimum atomic E-state index is -5.27. The highest BCUT2D eigenvalue weighted by molar-refractivity contribution is 7.86. The molecule has 0 unspecified atom stereocenters. The summed E-state index contributed by atoms with van der Waals surface area (Å²) in [6, 6.07) is 8.72. The summed E-state index contributed by atoms with van der Waals surface area (Å²) in [5.74, 6) is -3.90. The van der Waals surface area contributed by atoms with Gasteiger partial charge in [-0.25, -0.2) is 0 Å². The number of nitrogens with zero attached hydrogens (tertiary/aromatic N) is 9. The Labute approximate surface area is 303 Å². The lowest BCUT2D eigenvalue weighted by molar-refractivity contribution is -0.394. The monoisotopic (exact) mass is 799 g/mol. The number of phenolic OH excluding ortho intramolecular Hbond substituents is 4. The molecule has 55 heavy (non-hydrogen) atoms. The molecule has 5 rings (SSSR count). The summed E-state index contributed by atoms with van der Waals surface area (Å²) in [5, 5.41) is 96.6. The van der Waals surface area contributed by atoms with E-state index in [2.05, 4.69) is 30.7 Å². The Morgan fingerprint density at radius 1 is 0.527 bits per heavy atom. The zero-order valence-electron chi connectivity index (χ0n) is 26.5. The van der Waals surface area contributed by atoms with Gasteiger partial charge in [-0.3, -0.25) is 39.4 Å². The molecule has 5 aromatic carbocycles. The van der Waals surface area contributed by atoms with Gasteiger partial charge in [0.15, 0.2) is 5.75 Å². The highest BCUT2D eigenvalue weighted by atomic mass is 32.2. The Bertz CT molecular complexity index is 2790. The van der Waals surface area contributed by atoms with Crippen molar-refractivity contribution in [3.8, 4) is 23.0 Å². The van der Waals surface area contributed by atoms with Crippen LogP contribution in [0.4, 0.5) is 51.2 Å². The molecule has 0 aliphatic heterocycles. The molecule has 0 aliphatic rings. The fourth-order valence-corrected chi connectivity index (χ4v) is 5.74. The maximum absolute atomic E-state index is 12.3. The summed E-state index contributed by atoms with van der Waals surface area (Å²) in [5.41, 5.74) is -5.97. The van der Waals surface area contributed by atoms with E-state index in [0.717, 1.165) is 30.3 Å². The number of nitro benzene ring substituents is 3. The fraction of sp³-hybridized carbons (Fsp3) is 0. The third-order valence-electron chi connectivity index (χ3n) is 7.07. The highest BCUT2D eigenvalue weighted by Gasteiger charge is 2.27. The molecule has 0 aliphatic carbocycles. The number of fused-ring (bicyclic) bond motifs is 1. The Hall–Kier alpha value is -7.62. The van der Waals surface area contributed by atoms with Gasteiger partial charge in [0.1, 0.15) is 39.1 Å². The molecule has 5 aromatic rings. The van der Waals surface area contributed by atoms with E-state index in [1.807, 2.05) is 0 Å². The number of aromatic hydroxyl groups is 4. The minimum Gasteiger partial charge on any atom is -0.505 e. The summed E-state index contributed by atoms with van der Waals surface area (Å²) in [6.45, 7) is 0. The minimum absolute atomic E-state index is 0.0947. The van der Waals surface area contributed by atoms with E-state index in [-0.39, 0.29) is 11.4 Å². The largest absolute Gasteiger partial charge is 0.505 e. The maximum Gasteiger partial charge on any atom is 0.319 e. The Balaban J connectivity index is 1.67. The number of hydrogen-bond acceptors (Lipinski definition) is 20. The van der Waals surface area contributed by atoms with Gasteiger partial charge >= 0.3 is 5.69 Å². The van der Waals surface area contributed by atoms with Crippen LogP contribution in [0.15, 0.2) is 107 Å². The van der Waals surface area contributed by atoms with Gasteiger partial charge in [-0.1, -0.05) is 0 Å². The molecule has 25 nitrogen and oxygen atoms in total. The van der Waals surface area contributed by atoms with Gasteiger partial charge in [0, 0.05) is 30.3 Å². The standard InChI is InChI=1S/C28H17N9O16S2/c38-22-11-23(39)18(31-33-20-7-15(36(44)45)8-21(27(20)40)37(46)47)10-17(22)30-32-19-9-16(54(48,49)50)5-12-6-24(55(51,52)53)26(28(41)25(12)19)34-29-13-1-3-14(4-2-13)35(42)43/h1-11,38-41H,(H,48,49,50)(H,51,52,53)/b32-30+,33-31+,34-29+. The first kappa shape index (κ1) is 38.6. The maximum atomic E-state index is 12.3. The van der Waals surface area contributed by atoms with Crippen LogP contribution >= 0.6 is 0 Å². The van der Waals surface area contributed by atoms with Crippen molar-refractivity contribution in [2.75, 3.05) is 0 Å². The predicted molar refractivity (Wildman–Crippen MR) is 182 cm³/mol. The molecule has 0 fully saturated rings. The van der Waals surface area contributed by atoms with E-state index in [1.165, 1.54) is 0 Å². The van der Waals surface area contributed by atoms with E-state index in [0.29, 0.717) is 36.4 Å². The van der Waals surface area contributed by atoms with E-state index < -0.39 is 118 Å². The number of phenols is 4. The Morgan fingerprint density at radius 3 is 1.62 bits per heavy atom. The molecule has 0 aromatic heterocycles. The van der Waals surface area contributed by atoms with Crippen LogP contribution in [0.1, 0.15) is 0 Å². The van der Waals surface area contributed by atoms with Gasteiger partial charge in [-0.2, -0.15) is 21.9 Å². The highest BCUT2D eigenvalue weighted by Crippen LogP contribution is 2.47. The zero-order valence-corrected chi connectivity index (χ0v) is 28.1. The molecule has 27 heteroatoms. The van der Waals surface area contributed by atoms with Gasteiger partial charge < -0.3 is 20.4 Å². The fourth-order valence-electron chi connectivity index (χ4n) is 4.55. The molecular weight excluding hydrogens is 782 g/mol. The average Bonchev–Trinajstić information content (AvgIpc) is 3.09. The van der Waals surface area contributed by atoms with Crippen molar-refractivity contribution in [3.05, 3.63) is 97.1 Å². The molecule has 0 saturated heterocycles. The molecule has 0 bridgehead atoms. The average molecular weight is 800 g/mol. The van der Waals surface area contributed by atoms with E-state index >= 15 is 0 Å². The first-order valence-corrected chi connectivity index (χ1v) is 17.0. The number of hydrogen-bond donors (Lipinski definition) is 6. The predicted octanol–water partition coefficient (Wildman–Crippen LogP) is 7.13. The van der Waals surface area contributed by atoms with Crippen LogP contribution in [-0.2, 0) is 20.2 Å². The van der Waals surface area contributed by atoms with Crippen LogP contribution in [0.25, 0.3) is 10.8 Å². The number of azo groups is 3.